The van der Waals surface area contributed by atoms with Gasteiger partial charge in [0.2, 0.25) is 0 Å². The van der Waals surface area contributed by atoms with Crippen molar-refractivity contribution in [2.45, 2.75) is 18.9 Å². The van der Waals surface area contributed by atoms with Crippen molar-refractivity contribution in [2.75, 3.05) is 6.61 Å². The van der Waals surface area contributed by atoms with Gasteiger partial charge >= 0.3 is 0 Å². The largest absolute Gasteiger partial charge is 0.493 e. The summed E-state index contributed by atoms with van der Waals surface area (Å²) in [7, 11) is 0. The van der Waals surface area contributed by atoms with Gasteiger partial charge in [-0.3, -0.25) is 0 Å². The smallest absolute Gasteiger partial charge is 0.128 e. The van der Waals surface area contributed by atoms with Gasteiger partial charge in [0.25, 0.3) is 0 Å². The number of fused-ring (bicyclic) bond motifs is 1. The Bertz CT molecular complexity index is 565. The molecule has 18 heavy (non-hydrogen) atoms. The van der Waals surface area contributed by atoms with Gasteiger partial charge in [-0.1, -0.05) is 18.2 Å². The fourth-order valence-electron chi connectivity index (χ4n) is 2.27. The number of thiophene rings is 1. The zero-order valence-electron chi connectivity index (χ0n) is 9.73. The van der Waals surface area contributed by atoms with Crippen LogP contribution < -0.4 is 4.74 Å². The Labute approximate surface area is 118 Å². The summed E-state index contributed by atoms with van der Waals surface area (Å²) in [4.78, 5) is 0.928. The second-order valence-corrected chi connectivity index (χ2v) is 6.12. The van der Waals surface area contributed by atoms with E-state index >= 15 is 0 Å². The summed E-state index contributed by atoms with van der Waals surface area (Å²) in [5, 5.41) is 12.5. The molecular formula is C14H13BrO2S. The number of hydrogen-bond acceptors (Lipinski definition) is 3. The highest BCUT2D eigenvalue weighted by atomic mass is 79.9. The quantitative estimate of drug-likeness (QED) is 0.907. The third-order valence-electron chi connectivity index (χ3n) is 3.15. The van der Waals surface area contributed by atoms with Crippen molar-refractivity contribution < 1.29 is 9.84 Å². The van der Waals surface area contributed by atoms with Crippen molar-refractivity contribution in [3.05, 3.63) is 50.1 Å². The number of para-hydroxylation sites is 1. The molecule has 0 saturated carbocycles. The van der Waals surface area contributed by atoms with Gasteiger partial charge in [-0.25, -0.2) is 0 Å². The van der Waals surface area contributed by atoms with E-state index in [9.17, 15) is 5.11 Å². The first-order valence-corrected chi connectivity index (χ1v) is 7.60. The molecule has 2 nitrogen and oxygen atoms in total. The number of aliphatic hydroxyl groups excluding tert-OH is 1. The van der Waals surface area contributed by atoms with Gasteiger partial charge < -0.3 is 9.84 Å². The lowest BCUT2D eigenvalue weighted by molar-refractivity contribution is 0.209. The molecule has 1 unspecified atom stereocenters. The van der Waals surface area contributed by atoms with E-state index < -0.39 is 6.10 Å². The van der Waals surface area contributed by atoms with Crippen LogP contribution in [-0.2, 0) is 6.42 Å². The van der Waals surface area contributed by atoms with Crippen molar-refractivity contribution in [1.29, 1.82) is 0 Å². The van der Waals surface area contributed by atoms with Crippen molar-refractivity contribution >= 4 is 27.3 Å². The van der Waals surface area contributed by atoms with E-state index in [-0.39, 0.29) is 0 Å². The molecule has 1 N–H and O–H groups in total. The van der Waals surface area contributed by atoms with Crippen LogP contribution in [0.15, 0.2) is 34.1 Å². The van der Waals surface area contributed by atoms with Crippen molar-refractivity contribution in [2.24, 2.45) is 0 Å². The molecule has 1 aromatic carbocycles. The number of benzene rings is 1. The van der Waals surface area contributed by atoms with E-state index in [1.54, 1.807) is 11.3 Å². The maximum absolute atomic E-state index is 10.5. The van der Waals surface area contributed by atoms with E-state index in [4.69, 9.17) is 4.74 Å². The standard InChI is InChI=1S/C14H13BrO2S/c15-11-6-8-18-14(11)12(16)10-5-1-3-9-4-2-7-17-13(9)10/h1,3,5-6,8,12,16H,2,4,7H2. The second kappa shape index (κ2) is 5.03. The number of hydrogen-bond donors (Lipinski definition) is 1. The predicted molar refractivity (Wildman–Crippen MR) is 76.3 cm³/mol. The topological polar surface area (TPSA) is 29.5 Å². The maximum Gasteiger partial charge on any atom is 0.128 e. The third-order valence-corrected chi connectivity index (χ3v) is 5.07. The SMILES string of the molecule is OC(c1cccc2c1OCCC2)c1sccc1Br. The lowest BCUT2D eigenvalue weighted by Gasteiger charge is -2.22. The number of ether oxygens (including phenoxy) is 1. The summed E-state index contributed by atoms with van der Waals surface area (Å²) in [6.45, 7) is 0.738. The fourth-order valence-corrected chi connectivity index (χ4v) is 3.86. The first-order valence-electron chi connectivity index (χ1n) is 5.93. The van der Waals surface area contributed by atoms with Gasteiger partial charge in [0.1, 0.15) is 11.9 Å². The van der Waals surface area contributed by atoms with Crippen LogP contribution in [-0.4, -0.2) is 11.7 Å². The Hall–Kier alpha value is -0.840. The first-order chi connectivity index (χ1) is 8.77. The van der Waals surface area contributed by atoms with E-state index in [2.05, 4.69) is 22.0 Å². The van der Waals surface area contributed by atoms with Gasteiger partial charge in [-0.05, 0) is 45.8 Å². The molecular weight excluding hydrogens is 312 g/mol. The third kappa shape index (κ3) is 2.09. The van der Waals surface area contributed by atoms with Gasteiger partial charge in [0.15, 0.2) is 0 Å². The average molecular weight is 325 g/mol. The minimum atomic E-state index is -0.618. The molecule has 0 fully saturated rings. The first kappa shape index (κ1) is 12.2. The summed E-state index contributed by atoms with van der Waals surface area (Å²) in [5.41, 5.74) is 2.07. The average Bonchev–Trinajstić information content (AvgIpc) is 2.83. The number of rotatable bonds is 2. The highest BCUT2D eigenvalue weighted by molar-refractivity contribution is 9.10. The summed E-state index contributed by atoms with van der Waals surface area (Å²) in [6.07, 6.45) is 1.46. The van der Waals surface area contributed by atoms with Gasteiger partial charge in [0, 0.05) is 10.0 Å². The molecule has 1 aliphatic heterocycles. The Balaban J connectivity index is 2.04. The highest BCUT2D eigenvalue weighted by Gasteiger charge is 2.22. The second-order valence-electron chi connectivity index (χ2n) is 4.32. The molecule has 0 aliphatic carbocycles. The molecule has 2 aromatic rings. The van der Waals surface area contributed by atoms with E-state index in [0.717, 1.165) is 40.1 Å². The molecule has 0 radical (unpaired) electrons. The van der Waals surface area contributed by atoms with Crippen LogP contribution >= 0.6 is 27.3 Å². The van der Waals surface area contributed by atoms with Crippen molar-refractivity contribution in [3.8, 4) is 5.75 Å². The van der Waals surface area contributed by atoms with Crippen LogP contribution in [0, 0.1) is 0 Å². The summed E-state index contributed by atoms with van der Waals surface area (Å²) in [5.74, 6) is 0.872. The zero-order chi connectivity index (χ0) is 12.5. The van der Waals surface area contributed by atoms with Gasteiger partial charge in [0.05, 0.1) is 11.5 Å². The summed E-state index contributed by atoms with van der Waals surface area (Å²) < 4.78 is 6.70. The van der Waals surface area contributed by atoms with Crippen LogP contribution in [0.25, 0.3) is 0 Å². The number of aryl methyl sites for hydroxylation is 1. The predicted octanol–water partition coefficient (Wildman–Crippen LogP) is 3.92. The van der Waals surface area contributed by atoms with Gasteiger partial charge in [-0.2, -0.15) is 0 Å². The highest BCUT2D eigenvalue weighted by Crippen LogP contribution is 2.39. The van der Waals surface area contributed by atoms with Crippen LogP contribution in [0.3, 0.4) is 0 Å². The number of halogens is 1. The fraction of sp³-hybridized carbons (Fsp3) is 0.286. The Morgan fingerprint density at radius 3 is 3.00 bits per heavy atom. The lowest BCUT2D eigenvalue weighted by atomic mass is 9.99. The molecule has 4 heteroatoms. The van der Waals surface area contributed by atoms with Crippen LogP contribution in [0.4, 0.5) is 0 Å². The molecule has 3 rings (SSSR count). The molecule has 0 saturated heterocycles. The van der Waals surface area contributed by atoms with Crippen LogP contribution in [0.1, 0.15) is 28.5 Å². The summed E-state index contributed by atoms with van der Waals surface area (Å²) in [6, 6.07) is 7.97. The molecule has 0 bridgehead atoms. The van der Waals surface area contributed by atoms with E-state index in [1.807, 2.05) is 23.6 Å². The van der Waals surface area contributed by atoms with E-state index in [1.165, 1.54) is 5.56 Å². The Morgan fingerprint density at radius 1 is 1.33 bits per heavy atom. The maximum atomic E-state index is 10.5. The molecule has 0 spiro atoms. The Morgan fingerprint density at radius 2 is 2.22 bits per heavy atom. The molecule has 0 amide bonds. The van der Waals surface area contributed by atoms with E-state index in [0.29, 0.717) is 0 Å². The van der Waals surface area contributed by atoms with Crippen molar-refractivity contribution in [1.82, 2.24) is 0 Å². The van der Waals surface area contributed by atoms with Crippen LogP contribution in [0.5, 0.6) is 5.75 Å². The van der Waals surface area contributed by atoms with Gasteiger partial charge in [-0.15, -0.1) is 11.3 Å². The molecule has 94 valence electrons. The normalized spacial score (nSPS) is 15.9. The Kier molecular flexibility index (Phi) is 3.41. The number of aliphatic hydroxyl groups is 1. The molecule has 1 aromatic heterocycles. The zero-order valence-corrected chi connectivity index (χ0v) is 12.1. The molecule has 2 heterocycles. The molecule has 1 atom stereocenters. The van der Waals surface area contributed by atoms with Crippen LogP contribution in [0.2, 0.25) is 0 Å². The minimum absolute atomic E-state index is 0.618. The minimum Gasteiger partial charge on any atom is -0.493 e. The monoisotopic (exact) mass is 324 g/mol. The molecule has 1 aliphatic rings. The lowest BCUT2D eigenvalue weighted by Crippen LogP contribution is -2.12. The van der Waals surface area contributed by atoms with Crippen molar-refractivity contribution in [3.63, 3.8) is 0 Å². The summed E-state index contributed by atoms with van der Waals surface area (Å²) >= 11 is 5.02.